The molecule has 0 saturated carbocycles. The summed E-state index contributed by atoms with van der Waals surface area (Å²) in [5.74, 6) is 0. The Morgan fingerprint density at radius 3 is 1.83 bits per heavy atom. The molecule has 0 amide bonds. The lowest BCUT2D eigenvalue weighted by Crippen LogP contribution is -2.66. The van der Waals surface area contributed by atoms with Crippen molar-refractivity contribution in [2.24, 2.45) is 0 Å². The third-order valence-electron chi connectivity index (χ3n) is 5.42. The minimum absolute atomic E-state index is 0.0396. The number of hydrogen-bond donors (Lipinski definition) is 0. The van der Waals surface area contributed by atoms with Crippen LogP contribution in [0.4, 0.5) is 0 Å². The van der Waals surface area contributed by atoms with E-state index in [1.54, 1.807) is 11.0 Å². The second-order valence-corrected chi connectivity index (χ2v) is 12.7. The van der Waals surface area contributed by atoms with Gasteiger partial charge in [-0.2, -0.15) is 0 Å². The van der Waals surface area contributed by atoms with Gasteiger partial charge >= 0.3 is 0 Å². The van der Waals surface area contributed by atoms with Crippen molar-refractivity contribution in [3.8, 4) is 5.69 Å². The van der Waals surface area contributed by atoms with E-state index in [1.807, 2.05) is 12.1 Å². The van der Waals surface area contributed by atoms with Crippen LogP contribution in [-0.4, -0.2) is 28.5 Å². The molecule has 30 heavy (non-hydrogen) atoms. The molecule has 0 fully saturated rings. The van der Waals surface area contributed by atoms with E-state index in [0.29, 0.717) is 6.61 Å². The average molecular weight is 415 g/mol. The van der Waals surface area contributed by atoms with Gasteiger partial charge in [-0.1, -0.05) is 93.6 Å². The van der Waals surface area contributed by atoms with Gasteiger partial charge < -0.3 is 4.43 Å². The van der Waals surface area contributed by atoms with Crippen LogP contribution in [0, 0.1) is 0 Å². The topological polar surface area (TPSA) is 52.8 Å². The lowest BCUT2D eigenvalue weighted by molar-refractivity contribution is 0.286. The minimum Gasteiger partial charge on any atom is -0.403 e. The molecule has 0 unspecified atom stereocenters. The smallest absolute Gasteiger partial charge is 0.261 e. The highest BCUT2D eigenvalue weighted by Gasteiger charge is 2.50. The quantitative estimate of drug-likeness (QED) is 0.451. The minimum atomic E-state index is -2.54. The van der Waals surface area contributed by atoms with Gasteiger partial charge in [-0.05, 0) is 43.5 Å². The standard InChI is InChI=1S/C24H26N4OSi/c1-24(2,3)30(22-10-6-4-7-11-22,23-12-8-5-9-13-23)29-18-20-14-16-21(17-15-20)28-19-25-26-27-28/h4-17,19H,18H2,1-3H3. The van der Waals surface area contributed by atoms with Gasteiger partial charge in [-0.3, -0.25) is 0 Å². The normalized spacial score (nSPS) is 12.1. The Hall–Kier alpha value is -3.09. The van der Waals surface area contributed by atoms with Gasteiger partial charge in [0.15, 0.2) is 0 Å². The zero-order chi connectivity index (χ0) is 21.0. The van der Waals surface area contributed by atoms with Crippen LogP contribution in [-0.2, 0) is 11.0 Å². The summed E-state index contributed by atoms with van der Waals surface area (Å²) in [4.78, 5) is 0. The fourth-order valence-corrected chi connectivity index (χ4v) is 8.52. The molecule has 0 bridgehead atoms. The van der Waals surface area contributed by atoms with E-state index in [-0.39, 0.29) is 5.04 Å². The van der Waals surface area contributed by atoms with Crippen LogP contribution < -0.4 is 10.4 Å². The van der Waals surface area contributed by atoms with Crippen molar-refractivity contribution in [3.63, 3.8) is 0 Å². The highest BCUT2D eigenvalue weighted by molar-refractivity contribution is 6.99. The Labute approximate surface area is 178 Å². The number of aromatic nitrogens is 4. The first kappa shape index (κ1) is 20.2. The number of hydrogen-bond acceptors (Lipinski definition) is 4. The Balaban J connectivity index is 1.70. The summed E-state index contributed by atoms with van der Waals surface area (Å²) in [7, 11) is -2.54. The Morgan fingerprint density at radius 2 is 1.37 bits per heavy atom. The van der Waals surface area contributed by atoms with Gasteiger partial charge in [0.2, 0.25) is 0 Å². The molecule has 3 aromatic carbocycles. The van der Waals surface area contributed by atoms with Gasteiger partial charge in [0.25, 0.3) is 8.32 Å². The number of benzene rings is 3. The number of nitrogens with zero attached hydrogens (tertiary/aromatic N) is 4. The van der Waals surface area contributed by atoms with E-state index >= 15 is 0 Å². The fraction of sp³-hybridized carbons (Fsp3) is 0.208. The first-order valence-electron chi connectivity index (χ1n) is 10.1. The molecule has 1 aromatic heterocycles. The Kier molecular flexibility index (Phi) is 5.61. The van der Waals surface area contributed by atoms with Crippen LogP contribution in [0.5, 0.6) is 0 Å². The molecule has 0 aliphatic heterocycles. The van der Waals surface area contributed by atoms with E-state index in [4.69, 9.17) is 4.43 Å². The monoisotopic (exact) mass is 414 g/mol. The SMILES string of the molecule is CC(C)(C)[Si](OCc1ccc(-n2cnnn2)cc1)(c1ccccc1)c1ccccc1. The average Bonchev–Trinajstić information content (AvgIpc) is 3.30. The number of rotatable bonds is 6. The number of tetrazole rings is 1. The highest BCUT2D eigenvalue weighted by Crippen LogP contribution is 2.37. The van der Waals surface area contributed by atoms with Gasteiger partial charge in [-0.25, -0.2) is 4.68 Å². The molecule has 0 N–H and O–H groups in total. The predicted octanol–water partition coefficient (Wildman–Crippen LogP) is 3.74. The van der Waals surface area contributed by atoms with Crippen LogP contribution in [0.25, 0.3) is 5.69 Å². The van der Waals surface area contributed by atoms with E-state index in [0.717, 1.165) is 11.3 Å². The van der Waals surface area contributed by atoms with Gasteiger partial charge in [0.05, 0.1) is 12.3 Å². The van der Waals surface area contributed by atoms with E-state index in [2.05, 4.69) is 109 Å². The van der Waals surface area contributed by atoms with Gasteiger partial charge in [0, 0.05) is 0 Å². The summed E-state index contributed by atoms with van der Waals surface area (Å²) < 4.78 is 8.62. The summed E-state index contributed by atoms with van der Waals surface area (Å²) in [6, 6.07) is 29.6. The molecule has 0 atom stereocenters. The van der Waals surface area contributed by atoms with E-state index in [1.165, 1.54) is 10.4 Å². The molecule has 0 spiro atoms. The summed E-state index contributed by atoms with van der Waals surface area (Å²) in [6.07, 6.45) is 1.59. The fourth-order valence-electron chi connectivity index (χ4n) is 3.98. The molecule has 5 nitrogen and oxygen atoms in total. The molecule has 152 valence electrons. The zero-order valence-electron chi connectivity index (χ0n) is 17.6. The second kappa shape index (κ2) is 8.34. The summed E-state index contributed by atoms with van der Waals surface area (Å²) in [5, 5.41) is 13.9. The molecule has 0 aliphatic rings. The van der Waals surface area contributed by atoms with Crippen molar-refractivity contribution in [2.75, 3.05) is 0 Å². The van der Waals surface area contributed by atoms with Gasteiger partial charge in [0.1, 0.15) is 6.33 Å². The molecule has 4 aromatic rings. The third-order valence-corrected chi connectivity index (χ3v) is 10.4. The zero-order valence-corrected chi connectivity index (χ0v) is 18.6. The summed E-state index contributed by atoms with van der Waals surface area (Å²) >= 11 is 0. The molecular formula is C24H26N4OSi. The first-order chi connectivity index (χ1) is 14.5. The molecule has 0 saturated heterocycles. The molecule has 4 rings (SSSR count). The molecule has 1 heterocycles. The van der Waals surface area contributed by atoms with E-state index in [9.17, 15) is 0 Å². The lowest BCUT2D eigenvalue weighted by Gasteiger charge is -2.43. The van der Waals surface area contributed by atoms with Crippen molar-refractivity contribution in [1.82, 2.24) is 20.2 Å². The predicted molar refractivity (Wildman–Crippen MR) is 122 cm³/mol. The maximum atomic E-state index is 6.97. The van der Waals surface area contributed by atoms with E-state index < -0.39 is 8.32 Å². The molecule has 0 aliphatic carbocycles. The molecule has 0 radical (unpaired) electrons. The van der Waals surface area contributed by atoms with Crippen molar-refractivity contribution in [1.29, 1.82) is 0 Å². The Morgan fingerprint density at radius 1 is 0.800 bits per heavy atom. The van der Waals surface area contributed by atoms with Crippen LogP contribution in [0.3, 0.4) is 0 Å². The van der Waals surface area contributed by atoms with Crippen molar-refractivity contribution >= 4 is 18.7 Å². The van der Waals surface area contributed by atoms with Crippen molar-refractivity contribution in [3.05, 3.63) is 96.8 Å². The Bertz CT molecular complexity index is 1020. The third kappa shape index (κ3) is 3.84. The molecule has 6 heteroatoms. The highest BCUT2D eigenvalue weighted by atomic mass is 28.4. The van der Waals surface area contributed by atoms with Crippen LogP contribution >= 0.6 is 0 Å². The largest absolute Gasteiger partial charge is 0.403 e. The first-order valence-corrected chi connectivity index (χ1v) is 12.0. The van der Waals surface area contributed by atoms with Crippen molar-refractivity contribution < 1.29 is 4.43 Å². The van der Waals surface area contributed by atoms with Crippen LogP contribution in [0.1, 0.15) is 26.3 Å². The van der Waals surface area contributed by atoms with Crippen LogP contribution in [0.2, 0.25) is 5.04 Å². The second-order valence-electron chi connectivity index (χ2n) is 8.37. The summed E-state index contributed by atoms with van der Waals surface area (Å²) in [5.41, 5.74) is 2.05. The summed E-state index contributed by atoms with van der Waals surface area (Å²) in [6.45, 7) is 7.42. The van der Waals surface area contributed by atoms with Crippen LogP contribution in [0.15, 0.2) is 91.3 Å². The van der Waals surface area contributed by atoms with Gasteiger partial charge in [-0.15, -0.1) is 5.10 Å². The van der Waals surface area contributed by atoms with Crippen molar-refractivity contribution in [2.45, 2.75) is 32.4 Å². The lowest BCUT2D eigenvalue weighted by atomic mass is 10.2. The maximum Gasteiger partial charge on any atom is 0.261 e. The maximum absolute atomic E-state index is 6.97. The molecular weight excluding hydrogens is 388 g/mol.